The molecule has 10 atom stereocenters. The van der Waals surface area contributed by atoms with Crippen molar-refractivity contribution in [2.24, 2.45) is 46.3 Å². The average Bonchev–Trinajstić information content (AvgIpc) is 3.38. The van der Waals surface area contributed by atoms with Crippen molar-refractivity contribution >= 4 is 11.9 Å². The molecule has 5 rings (SSSR count). The summed E-state index contributed by atoms with van der Waals surface area (Å²) < 4.78 is 17.9. The predicted octanol–water partition coefficient (Wildman–Crippen LogP) is 7.62. The van der Waals surface area contributed by atoms with E-state index in [0.29, 0.717) is 54.1 Å². The highest BCUT2D eigenvalue weighted by Crippen LogP contribution is 2.69. The Hall–Kier alpha value is -1.52. The summed E-state index contributed by atoms with van der Waals surface area (Å²) in [6.07, 6.45) is 13.2. The maximum absolute atomic E-state index is 11.9. The lowest BCUT2D eigenvalue weighted by Crippen LogP contribution is -2.54. The van der Waals surface area contributed by atoms with Gasteiger partial charge >= 0.3 is 11.9 Å². The second-order valence-electron chi connectivity index (χ2n) is 14.1. The summed E-state index contributed by atoms with van der Waals surface area (Å²) in [5.41, 5.74) is 2.25. The van der Waals surface area contributed by atoms with Gasteiger partial charge in [-0.3, -0.25) is 9.59 Å². The number of carbonyl (C=O) groups is 2. The van der Waals surface area contributed by atoms with Crippen LogP contribution in [0.3, 0.4) is 0 Å². The van der Waals surface area contributed by atoms with Crippen LogP contribution in [0, 0.1) is 46.3 Å². The largest absolute Gasteiger partial charge is 0.494 e. The van der Waals surface area contributed by atoms with E-state index >= 15 is 0 Å². The van der Waals surface area contributed by atoms with Gasteiger partial charge in [-0.1, -0.05) is 34.6 Å². The van der Waals surface area contributed by atoms with Gasteiger partial charge in [0.25, 0.3) is 0 Å². The van der Waals surface area contributed by atoms with Crippen LogP contribution in [0.5, 0.6) is 0 Å². The number of fused-ring (bicyclic) bond motifs is 7. The van der Waals surface area contributed by atoms with Gasteiger partial charge in [0, 0.05) is 25.2 Å². The molecule has 0 unspecified atom stereocenters. The Morgan fingerprint density at radius 3 is 2.45 bits per heavy atom. The monoisotopic (exact) mass is 528 g/mol. The third-order valence-electron chi connectivity index (χ3n) is 12.1. The van der Waals surface area contributed by atoms with Crippen LogP contribution >= 0.6 is 0 Å². The van der Waals surface area contributed by atoms with E-state index in [0.717, 1.165) is 43.4 Å². The van der Waals surface area contributed by atoms with Gasteiger partial charge in [0.05, 0.1) is 12.4 Å². The molecule has 0 N–H and O–H groups in total. The van der Waals surface area contributed by atoms with Crippen LogP contribution in [0.25, 0.3) is 0 Å². The molecule has 5 heteroatoms. The summed E-state index contributed by atoms with van der Waals surface area (Å²) in [6.45, 7) is 13.9. The van der Waals surface area contributed by atoms with E-state index in [-0.39, 0.29) is 18.0 Å². The van der Waals surface area contributed by atoms with E-state index in [9.17, 15) is 9.59 Å². The van der Waals surface area contributed by atoms with E-state index in [1.165, 1.54) is 49.9 Å². The van der Waals surface area contributed by atoms with E-state index in [1.807, 2.05) is 13.8 Å². The number of hydrogen-bond acceptors (Lipinski definition) is 5. The molecule has 1 aliphatic heterocycles. The number of esters is 2. The Labute approximate surface area is 230 Å². The van der Waals surface area contributed by atoms with Gasteiger partial charge in [0.2, 0.25) is 0 Å². The molecule has 0 amide bonds. The van der Waals surface area contributed by atoms with Crippen LogP contribution in [0.15, 0.2) is 11.3 Å². The van der Waals surface area contributed by atoms with Gasteiger partial charge in [-0.05, 0) is 111 Å². The molecular weight excluding hydrogens is 476 g/mol. The average molecular weight is 529 g/mol. The molecular formula is C33H52O5. The first-order valence-corrected chi connectivity index (χ1v) is 15.8. The lowest BCUT2D eigenvalue weighted by Gasteiger charge is -2.61. The molecule has 38 heavy (non-hydrogen) atoms. The van der Waals surface area contributed by atoms with Crippen LogP contribution in [0.4, 0.5) is 0 Å². The molecule has 1 heterocycles. The fourth-order valence-corrected chi connectivity index (χ4v) is 9.98. The van der Waals surface area contributed by atoms with E-state index in [2.05, 4.69) is 27.7 Å². The van der Waals surface area contributed by atoms with Gasteiger partial charge in [0.15, 0.2) is 0 Å². The Balaban J connectivity index is 1.23. The van der Waals surface area contributed by atoms with Crippen molar-refractivity contribution in [3.8, 4) is 0 Å². The molecule has 4 fully saturated rings. The second kappa shape index (κ2) is 10.8. The third-order valence-corrected chi connectivity index (χ3v) is 12.1. The molecule has 4 saturated carbocycles. The number of allylic oxidation sites excluding steroid dienone is 1. The standard InChI is InChI=1S/C33H52O5/c1-7-29(34)36-19-20(3)9-12-27-21(4)31-28(38-27)18-26-24-11-10-22-17-23(37-30(35)8-2)13-15-32(22,5)25(24)14-16-33(26,31)6/h20,22-26,28,31H,7-19H2,1-6H3/t20-,22+,23-,24-,25-,26-,28+,31-,32+,33+/m1/s1. The van der Waals surface area contributed by atoms with Crippen molar-refractivity contribution in [1.29, 1.82) is 0 Å². The van der Waals surface area contributed by atoms with Crippen molar-refractivity contribution in [3.63, 3.8) is 0 Å². The van der Waals surface area contributed by atoms with Crippen molar-refractivity contribution in [2.75, 3.05) is 6.61 Å². The fraction of sp³-hybridized carbons (Fsp3) is 0.879. The van der Waals surface area contributed by atoms with Crippen molar-refractivity contribution < 1.29 is 23.8 Å². The van der Waals surface area contributed by atoms with Crippen LogP contribution in [-0.2, 0) is 23.8 Å². The molecule has 5 nitrogen and oxygen atoms in total. The minimum absolute atomic E-state index is 0.0320. The van der Waals surface area contributed by atoms with Crippen LogP contribution < -0.4 is 0 Å². The van der Waals surface area contributed by atoms with Crippen LogP contribution in [0.2, 0.25) is 0 Å². The highest BCUT2D eigenvalue weighted by molar-refractivity contribution is 5.69. The first-order valence-electron chi connectivity index (χ1n) is 15.8. The van der Waals surface area contributed by atoms with E-state index in [1.54, 1.807) is 0 Å². The van der Waals surface area contributed by atoms with Gasteiger partial charge in [0.1, 0.15) is 12.2 Å². The minimum atomic E-state index is -0.107. The number of hydrogen-bond donors (Lipinski definition) is 0. The summed E-state index contributed by atoms with van der Waals surface area (Å²) in [4.78, 5) is 23.5. The Morgan fingerprint density at radius 2 is 1.71 bits per heavy atom. The van der Waals surface area contributed by atoms with Crippen molar-refractivity contribution in [1.82, 2.24) is 0 Å². The van der Waals surface area contributed by atoms with Gasteiger partial charge < -0.3 is 14.2 Å². The molecule has 0 aromatic rings. The maximum Gasteiger partial charge on any atom is 0.305 e. The number of ether oxygens (including phenoxy) is 3. The third kappa shape index (κ3) is 4.83. The van der Waals surface area contributed by atoms with E-state index in [4.69, 9.17) is 14.2 Å². The summed E-state index contributed by atoms with van der Waals surface area (Å²) in [7, 11) is 0. The second-order valence-corrected chi connectivity index (χ2v) is 14.1. The lowest BCUT2D eigenvalue weighted by atomic mass is 9.44. The zero-order chi connectivity index (χ0) is 27.2. The zero-order valence-electron chi connectivity index (χ0n) is 24.9. The number of rotatable bonds is 8. The first-order chi connectivity index (χ1) is 18.1. The summed E-state index contributed by atoms with van der Waals surface area (Å²) >= 11 is 0. The normalized spacial score (nSPS) is 42.3. The highest BCUT2D eigenvalue weighted by Gasteiger charge is 2.64. The topological polar surface area (TPSA) is 61.8 Å². The summed E-state index contributed by atoms with van der Waals surface area (Å²) in [5, 5.41) is 0. The minimum Gasteiger partial charge on any atom is -0.494 e. The Kier molecular flexibility index (Phi) is 7.97. The molecule has 214 valence electrons. The van der Waals surface area contributed by atoms with Gasteiger partial charge in [-0.25, -0.2) is 0 Å². The SMILES string of the molecule is CCC(=O)OC[C@H](C)CCC1=C(C)[C@@H]2[C@H](C[C@@H]3[C@@H]4CC[C@H]5C[C@H](OC(=O)CC)CC[C@]5(C)[C@@H]4CC[C@@]32C)O1. The Morgan fingerprint density at radius 1 is 0.974 bits per heavy atom. The molecule has 0 spiro atoms. The smallest absolute Gasteiger partial charge is 0.305 e. The quantitative estimate of drug-likeness (QED) is 0.303. The molecule has 0 saturated heterocycles. The predicted molar refractivity (Wildman–Crippen MR) is 148 cm³/mol. The fourth-order valence-electron chi connectivity index (χ4n) is 9.98. The molecule has 0 bridgehead atoms. The highest BCUT2D eigenvalue weighted by atomic mass is 16.5. The lowest BCUT2D eigenvalue weighted by molar-refractivity contribution is -0.161. The first kappa shape index (κ1) is 28.0. The maximum atomic E-state index is 11.9. The zero-order valence-corrected chi connectivity index (χ0v) is 24.9. The summed E-state index contributed by atoms with van der Waals surface area (Å²) in [6, 6.07) is 0. The van der Waals surface area contributed by atoms with Gasteiger partial charge in [-0.15, -0.1) is 0 Å². The Bertz CT molecular complexity index is 940. The molecule has 4 aliphatic carbocycles. The van der Waals surface area contributed by atoms with Crippen LogP contribution in [0.1, 0.15) is 119 Å². The van der Waals surface area contributed by atoms with Gasteiger partial charge in [-0.2, -0.15) is 0 Å². The van der Waals surface area contributed by atoms with Crippen LogP contribution in [-0.4, -0.2) is 30.8 Å². The number of carbonyl (C=O) groups excluding carboxylic acids is 2. The summed E-state index contributed by atoms with van der Waals surface area (Å²) in [5.74, 6) is 5.07. The van der Waals surface area contributed by atoms with E-state index < -0.39 is 0 Å². The molecule has 0 radical (unpaired) electrons. The van der Waals surface area contributed by atoms with Crippen molar-refractivity contribution in [2.45, 2.75) is 131 Å². The molecule has 0 aromatic carbocycles. The molecule has 5 aliphatic rings. The van der Waals surface area contributed by atoms with Crippen molar-refractivity contribution in [3.05, 3.63) is 11.3 Å². The molecule has 0 aromatic heterocycles.